The van der Waals surface area contributed by atoms with E-state index in [-0.39, 0.29) is 5.57 Å². The molecule has 0 atom stereocenters. The lowest BCUT2D eigenvalue weighted by molar-refractivity contribution is -0.132. The highest BCUT2D eigenvalue weighted by molar-refractivity contribution is 5.95. The number of likely N-dealkylation sites (N-methyl/N-ethyl adjacent to an activating group) is 1. The lowest BCUT2D eigenvalue weighted by Crippen LogP contribution is -2.16. The van der Waals surface area contributed by atoms with E-state index in [1.165, 1.54) is 13.1 Å². The van der Waals surface area contributed by atoms with Gasteiger partial charge < -0.3 is 15.5 Å². The van der Waals surface area contributed by atoms with Crippen molar-refractivity contribution in [2.45, 2.75) is 13.3 Å². The number of allylic oxidation sites excluding steroid dienone is 1. The van der Waals surface area contributed by atoms with Gasteiger partial charge in [-0.15, -0.1) is 0 Å². The summed E-state index contributed by atoms with van der Waals surface area (Å²) < 4.78 is 0. The van der Waals surface area contributed by atoms with Crippen LogP contribution in [0, 0.1) is 0 Å². The third-order valence-corrected chi connectivity index (χ3v) is 1.43. The number of hydrogen-bond acceptors (Lipinski definition) is 3. The number of carboxylic acids is 1. The normalized spacial score (nSPS) is 12.4. The SMILES string of the molecule is CC/C=C(C(=O)O)/C(O)=C\C(=O)NC. The Kier molecular flexibility index (Phi) is 5.06. The molecule has 0 saturated carbocycles. The Bertz CT molecular complexity index is 291. The average molecular weight is 199 g/mol. The predicted molar refractivity (Wildman–Crippen MR) is 50.8 cm³/mol. The van der Waals surface area contributed by atoms with E-state index in [2.05, 4.69) is 5.32 Å². The first-order valence-electron chi connectivity index (χ1n) is 4.09. The van der Waals surface area contributed by atoms with Crippen LogP contribution in [-0.2, 0) is 9.59 Å². The summed E-state index contributed by atoms with van der Waals surface area (Å²) in [6.07, 6.45) is 2.62. The molecule has 14 heavy (non-hydrogen) atoms. The first-order chi connectivity index (χ1) is 6.52. The van der Waals surface area contributed by atoms with Gasteiger partial charge in [-0.2, -0.15) is 0 Å². The number of amides is 1. The highest BCUT2D eigenvalue weighted by Crippen LogP contribution is 2.07. The third-order valence-electron chi connectivity index (χ3n) is 1.43. The van der Waals surface area contributed by atoms with E-state index in [0.29, 0.717) is 6.42 Å². The largest absolute Gasteiger partial charge is 0.507 e. The van der Waals surface area contributed by atoms with Crippen LogP contribution in [0.2, 0.25) is 0 Å². The van der Waals surface area contributed by atoms with E-state index in [9.17, 15) is 14.7 Å². The Morgan fingerprint density at radius 2 is 1.93 bits per heavy atom. The van der Waals surface area contributed by atoms with Gasteiger partial charge in [-0.05, 0) is 6.42 Å². The van der Waals surface area contributed by atoms with Crippen LogP contribution in [0.4, 0.5) is 0 Å². The molecule has 0 aromatic carbocycles. The van der Waals surface area contributed by atoms with E-state index < -0.39 is 17.6 Å². The standard InChI is InChI=1S/C9H13NO4/c1-3-4-6(9(13)14)7(11)5-8(12)10-2/h4-5,11H,3H2,1-2H3,(H,10,12)(H,13,14)/b6-4-,7-5+. The highest BCUT2D eigenvalue weighted by Gasteiger charge is 2.12. The number of hydrogen-bond donors (Lipinski definition) is 3. The van der Waals surface area contributed by atoms with Crippen LogP contribution < -0.4 is 5.32 Å². The summed E-state index contributed by atoms with van der Waals surface area (Å²) in [6, 6.07) is 0. The highest BCUT2D eigenvalue weighted by atomic mass is 16.4. The second-order valence-corrected chi connectivity index (χ2v) is 2.48. The van der Waals surface area contributed by atoms with E-state index in [1.54, 1.807) is 6.92 Å². The zero-order valence-electron chi connectivity index (χ0n) is 8.07. The van der Waals surface area contributed by atoms with Crippen LogP contribution in [0.5, 0.6) is 0 Å². The van der Waals surface area contributed by atoms with Crippen LogP contribution in [0.1, 0.15) is 13.3 Å². The Balaban J connectivity index is 4.86. The zero-order chi connectivity index (χ0) is 11.1. The van der Waals surface area contributed by atoms with E-state index in [1.807, 2.05) is 0 Å². The number of nitrogens with one attached hydrogen (secondary N) is 1. The second-order valence-electron chi connectivity index (χ2n) is 2.48. The Labute approximate surface area is 81.7 Å². The molecule has 0 bridgehead atoms. The monoisotopic (exact) mass is 199 g/mol. The molecule has 0 spiro atoms. The molecule has 0 aliphatic carbocycles. The summed E-state index contributed by atoms with van der Waals surface area (Å²) in [6.45, 7) is 1.73. The molecule has 0 aromatic heterocycles. The van der Waals surface area contributed by atoms with E-state index >= 15 is 0 Å². The summed E-state index contributed by atoms with van der Waals surface area (Å²) in [4.78, 5) is 21.4. The minimum absolute atomic E-state index is 0.267. The molecular formula is C9H13NO4. The van der Waals surface area contributed by atoms with Gasteiger partial charge in [0.15, 0.2) is 0 Å². The molecule has 0 aliphatic heterocycles. The fourth-order valence-corrected chi connectivity index (χ4v) is 0.780. The molecule has 5 heteroatoms. The zero-order valence-corrected chi connectivity index (χ0v) is 8.07. The molecule has 0 saturated heterocycles. The van der Waals surface area contributed by atoms with Crippen molar-refractivity contribution in [3.05, 3.63) is 23.5 Å². The van der Waals surface area contributed by atoms with E-state index in [4.69, 9.17) is 5.11 Å². The van der Waals surface area contributed by atoms with Gasteiger partial charge in [-0.3, -0.25) is 4.79 Å². The van der Waals surface area contributed by atoms with Crippen molar-refractivity contribution in [1.82, 2.24) is 5.32 Å². The van der Waals surface area contributed by atoms with Gasteiger partial charge in [0.05, 0.1) is 5.57 Å². The summed E-state index contributed by atoms with van der Waals surface area (Å²) >= 11 is 0. The molecule has 0 radical (unpaired) electrons. The van der Waals surface area contributed by atoms with Gasteiger partial charge in [-0.25, -0.2) is 4.79 Å². The summed E-state index contributed by atoms with van der Waals surface area (Å²) in [5, 5.41) is 20.2. The van der Waals surface area contributed by atoms with Crippen molar-refractivity contribution < 1.29 is 19.8 Å². The van der Waals surface area contributed by atoms with Crippen molar-refractivity contribution in [1.29, 1.82) is 0 Å². The minimum Gasteiger partial charge on any atom is -0.507 e. The molecule has 0 aliphatic rings. The quantitative estimate of drug-likeness (QED) is 0.351. The van der Waals surface area contributed by atoms with Gasteiger partial charge in [0.1, 0.15) is 5.76 Å². The first kappa shape index (κ1) is 12.2. The van der Waals surface area contributed by atoms with Crippen molar-refractivity contribution in [3.63, 3.8) is 0 Å². The molecular weight excluding hydrogens is 186 g/mol. The van der Waals surface area contributed by atoms with Gasteiger partial charge in [0.2, 0.25) is 5.91 Å². The average Bonchev–Trinajstić information content (AvgIpc) is 2.13. The number of carbonyl (C=O) groups is 2. The maximum atomic E-state index is 10.8. The molecule has 0 unspecified atom stereocenters. The number of rotatable bonds is 4. The molecule has 78 valence electrons. The maximum absolute atomic E-state index is 10.8. The molecule has 0 aromatic rings. The van der Waals surface area contributed by atoms with Crippen molar-refractivity contribution in [2.75, 3.05) is 7.05 Å². The molecule has 3 N–H and O–H groups in total. The lowest BCUT2D eigenvalue weighted by atomic mass is 10.1. The fraction of sp³-hybridized carbons (Fsp3) is 0.333. The van der Waals surface area contributed by atoms with Gasteiger partial charge >= 0.3 is 5.97 Å². The van der Waals surface area contributed by atoms with Crippen LogP contribution in [-0.4, -0.2) is 29.1 Å². The van der Waals surface area contributed by atoms with Gasteiger partial charge in [-0.1, -0.05) is 13.0 Å². The van der Waals surface area contributed by atoms with Crippen LogP contribution in [0.25, 0.3) is 0 Å². The van der Waals surface area contributed by atoms with Gasteiger partial charge in [0.25, 0.3) is 0 Å². The molecule has 5 nitrogen and oxygen atoms in total. The number of aliphatic carboxylic acids is 1. The number of carboxylic acid groups (broad SMARTS) is 1. The Hall–Kier alpha value is -1.78. The number of aliphatic hydroxyl groups excluding tert-OH is 1. The predicted octanol–water partition coefficient (Wildman–Crippen LogP) is 0.595. The van der Waals surface area contributed by atoms with Crippen LogP contribution in [0.3, 0.4) is 0 Å². The molecule has 0 rings (SSSR count). The summed E-state index contributed by atoms with van der Waals surface area (Å²) in [5.41, 5.74) is -0.267. The minimum atomic E-state index is -1.26. The molecule has 0 heterocycles. The smallest absolute Gasteiger partial charge is 0.339 e. The maximum Gasteiger partial charge on any atom is 0.339 e. The van der Waals surface area contributed by atoms with Gasteiger partial charge in [0, 0.05) is 13.1 Å². The Morgan fingerprint density at radius 1 is 1.36 bits per heavy atom. The Morgan fingerprint density at radius 3 is 2.29 bits per heavy atom. The fourth-order valence-electron chi connectivity index (χ4n) is 0.780. The lowest BCUT2D eigenvalue weighted by Gasteiger charge is -2.00. The summed E-state index contributed by atoms with van der Waals surface area (Å²) in [7, 11) is 1.39. The second kappa shape index (κ2) is 5.80. The molecule has 1 amide bonds. The third kappa shape index (κ3) is 3.75. The summed E-state index contributed by atoms with van der Waals surface area (Å²) in [5.74, 6) is -2.35. The van der Waals surface area contributed by atoms with Crippen LogP contribution in [0.15, 0.2) is 23.5 Å². The van der Waals surface area contributed by atoms with E-state index in [0.717, 1.165) is 6.08 Å². The molecule has 0 fully saturated rings. The van der Waals surface area contributed by atoms with Crippen molar-refractivity contribution in [2.24, 2.45) is 0 Å². The van der Waals surface area contributed by atoms with Crippen molar-refractivity contribution in [3.8, 4) is 0 Å². The first-order valence-corrected chi connectivity index (χ1v) is 4.09. The number of aliphatic hydroxyl groups is 1. The topological polar surface area (TPSA) is 86.6 Å². The van der Waals surface area contributed by atoms with Crippen LogP contribution >= 0.6 is 0 Å². The van der Waals surface area contributed by atoms with Crippen molar-refractivity contribution >= 4 is 11.9 Å². The number of carbonyl (C=O) groups excluding carboxylic acids is 1.